The number of amides is 1. The number of hydrogen-bond donors (Lipinski definition) is 4. The third-order valence-corrected chi connectivity index (χ3v) is 5.76. The number of carbonyl (C=O) groups is 1. The highest BCUT2D eigenvalue weighted by molar-refractivity contribution is 5.79. The lowest BCUT2D eigenvalue weighted by Crippen LogP contribution is -2.36. The summed E-state index contributed by atoms with van der Waals surface area (Å²) in [5.41, 5.74) is 9.96. The molecule has 1 aliphatic rings. The monoisotopic (exact) mass is 449 g/mol. The van der Waals surface area contributed by atoms with Gasteiger partial charge in [-0.1, -0.05) is 48.5 Å². The molecule has 3 aromatic rings. The van der Waals surface area contributed by atoms with Crippen molar-refractivity contribution in [1.29, 1.82) is 0 Å². The van der Waals surface area contributed by atoms with E-state index >= 15 is 0 Å². The highest BCUT2D eigenvalue weighted by Crippen LogP contribution is 2.44. The molecule has 2 unspecified atom stereocenters. The van der Waals surface area contributed by atoms with Crippen molar-refractivity contribution in [3.8, 4) is 11.1 Å². The van der Waals surface area contributed by atoms with Crippen molar-refractivity contribution >= 4 is 17.5 Å². The molecule has 33 heavy (non-hydrogen) atoms. The van der Waals surface area contributed by atoms with Gasteiger partial charge >= 0.3 is 6.09 Å². The first-order chi connectivity index (χ1) is 15.9. The summed E-state index contributed by atoms with van der Waals surface area (Å²) in [5.74, 6) is -0.108. The zero-order valence-electron chi connectivity index (χ0n) is 17.5. The van der Waals surface area contributed by atoms with E-state index in [9.17, 15) is 25.1 Å². The number of nitrogens with one attached hydrogen (secondary N) is 1. The van der Waals surface area contributed by atoms with Gasteiger partial charge in [-0.2, -0.15) is 0 Å². The molecule has 0 fully saturated rings. The summed E-state index contributed by atoms with van der Waals surface area (Å²) in [6.45, 7) is -0.226. The van der Waals surface area contributed by atoms with Crippen LogP contribution in [0.1, 0.15) is 28.7 Å². The number of nitrogens with zero attached hydrogens (tertiary/aromatic N) is 1. The number of carbonyl (C=O) groups excluding carboxylic acids is 1. The summed E-state index contributed by atoms with van der Waals surface area (Å²) in [6.07, 6.45) is -3.73. The molecule has 0 aromatic heterocycles. The summed E-state index contributed by atoms with van der Waals surface area (Å²) in [5, 5.41) is 34.0. The number of aliphatic hydroxyl groups excluding tert-OH is 2. The van der Waals surface area contributed by atoms with E-state index in [4.69, 9.17) is 10.5 Å². The molecule has 5 N–H and O–H groups in total. The first-order valence-electron chi connectivity index (χ1n) is 10.4. The van der Waals surface area contributed by atoms with Gasteiger partial charge in [-0.3, -0.25) is 10.1 Å². The molecule has 0 heterocycles. The third-order valence-electron chi connectivity index (χ3n) is 5.76. The predicted octanol–water partition coefficient (Wildman–Crippen LogP) is 3.11. The van der Waals surface area contributed by atoms with Gasteiger partial charge < -0.3 is 26.0 Å². The van der Waals surface area contributed by atoms with Gasteiger partial charge in [0.15, 0.2) is 0 Å². The van der Waals surface area contributed by atoms with Gasteiger partial charge in [0.25, 0.3) is 5.69 Å². The van der Waals surface area contributed by atoms with Crippen molar-refractivity contribution in [1.82, 2.24) is 5.32 Å². The maximum Gasteiger partial charge on any atom is 0.407 e. The van der Waals surface area contributed by atoms with Crippen molar-refractivity contribution in [3.05, 3.63) is 93.5 Å². The first kappa shape index (κ1) is 22.3. The Morgan fingerprint density at radius 3 is 2.27 bits per heavy atom. The second-order valence-corrected chi connectivity index (χ2v) is 7.79. The molecule has 0 spiro atoms. The molecular weight excluding hydrogens is 426 g/mol. The van der Waals surface area contributed by atoms with E-state index in [-0.39, 0.29) is 36.0 Å². The minimum atomic E-state index is -1.53. The number of ether oxygens (including phenoxy) is 1. The average molecular weight is 449 g/mol. The molecule has 0 bridgehead atoms. The highest BCUT2D eigenvalue weighted by Gasteiger charge is 2.29. The van der Waals surface area contributed by atoms with Crippen LogP contribution in [-0.2, 0) is 4.74 Å². The molecule has 0 saturated heterocycles. The van der Waals surface area contributed by atoms with Crippen LogP contribution in [0.5, 0.6) is 0 Å². The highest BCUT2D eigenvalue weighted by atomic mass is 16.6. The Labute approximate surface area is 189 Å². The van der Waals surface area contributed by atoms with E-state index in [0.29, 0.717) is 0 Å². The molecule has 9 nitrogen and oxygen atoms in total. The van der Waals surface area contributed by atoms with Crippen molar-refractivity contribution in [2.75, 3.05) is 18.9 Å². The number of nitro benzene ring substituents is 1. The Bertz CT molecular complexity index is 1150. The Morgan fingerprint density at radius 1 is 1.06 bits per heavy atom. The number of aliphatic hydroxyl groups is 2. The van der Waals surface area contributed by atoms with Crippen molar-refractivity contribution in [3.63, 3.8) is 0 Å². The number of benzene rings is 3. The SMILES string of the molecule is Nc1ccc([N+](=O)[O-])cc1C(O)C(O)CNC(=O)OCC1c2ccccc2-c2ccccc21. The van der Waals surface area contributed by atoms with E-state index < -0.39 is 23.2 Å². The first-order valence-corrected chi connectivity index (χ1v) is 10.4. The van der Waals surface area contributed by atoms with Crippen LogP contribution < -0.4 is 11.1 Å². The van der Waals surface area contributed by atoms with Crippen LogP contribution in [-0.4, -0.2) is 40.5 Å². The number of anilines is 1. The van der Waals surface area contributed by atoms with Crippen LogP contribution in [0.3, 0.4) is 0 Å². The molecule has 2 atom stereocenters. The second kappa shape index (κ2) is 9.27. The Balaban J connectivity index is 1.36. The Kier molecular flexibility index (Phi) is 6.25. The molecule has 0 saturated carbocycles. The number of fused-ring (bicyclic) bond motifs is 3. The predicted molar refractivity (Wildman–Crippen MR) is 122 cm³/mol. The van der Waals surface area contributed by atoms with Gasteiger partial charge in [0.2, 0.25) is 0 Å². The molecule has 170 valence electrons. The van der Waals surface area contributed by atoms with Gasteiger partial charge in [0.05, 0.1) is 4.92 Å². The van der Waals surface area contributed by atoms with E-state index in [1.165, 1.54) is 12.1 Å². The quantitative estimate of drug-likeness (QED) is 0.246. The molecule has 3 aromatic carbocycles. The fraction of sp³-hybridized carbons (Fsp3) is 0.208. The minimum absolute atomic E-state index is 0.00559. The van der Waals surface area contributed by atoms with Crippen molar-refractivity contribution < 1.29 is 24.7 Å². The maximum atomic E-state index is 12.3. The molecule has 1 aliphatic carbocycles. The summed E-state index contributed by atoms with van der Waals surface area (Å²) in [7, 11) is 0. The number of nitrogen functional groups attached to an aromatic ring is 1. The minimum Gasteiger partial charge on any atom is -0.449 e. The van der Waals surface area contributed by atoms with Crippen molar-refractivity contribution in [2.24, 2.45) is 0 Å². The zero-order chi connectivity index (χ0) is 23.5. The van der Waals surface area contributed by atoms with E-state index in [0.717, 1.165) is 28.3 Å². The normalized spacial score (nSPS) is 14.1. The molecular formula is C24H23N3O6. The number of nitro groups is 1. The number of rotatable bonds is 7. The smallest absolute Gasteiger partial charge is 0.407 e. The van der Waals surface area contributed by atoms with Gasteiger partial charge in [0.1, 0.15) is 18.8 Å². The number of non-ortho nitro benzene ring substituents is 1. The van der Waals surface area contributed by atoms with Gasteiger partial charge in [0, 0.05) is 35.8 Å². The van der Waals surface area contributed by atoms with Crippen molar-refractivity contribution in [2.45, 2.75) is 18.1 Å². The van der Waals surface area contributed by atoms with E-state index in [1.807, 2.05) is 48.5 Å². The molecule has 1 amide bonds. The van der Waals surface area contributed by atoms with Crippen LogP contribution in [0, 0.1) is 10.1 Å². The molecule has 9 heteroatoms. The van der Waals surface area contributed by atoms with E-state index in [2.05, 4.69) is 5.32 Å². The number of nitrogens with two attached hydrogens (primary N) is 1. The van der Waals surface area contributed by atoms with Crippen LogP contribution >= 0.6 is 0 Å². The lowest BCUT2D eigenvalue weighted by atomic mass is 9.98. The Hall–Kier alpha value is -3.95. The van der Waals surface area contributed by atoms with Gasteiger partial charge in [-0.05, 0) is 28.3 Å². The molecule has 0 aliphatic heterocycles. The lowest BCUT2D eigenvalue weighted by molar-refractivity contribution is -0.385. The van der Waals surface area contributed by atoms with Crippen LogP contribution in [0.2, 0.25) is 0 Å². The van der Waals surface area contributed by atoms with E-state index in [1.54, 1.807) is 0 Å². The fourth-order valence-electron chi connectivity index (χ4n) is 4.09. The van der Waals surface area contributed by atoms with Crippen LogP contribution in [0.15, 0.2) is 66.7 Å². The second-order valence-electron chi connectivity index (χ2n) is 7.79. The zero-order valence-corrected chi connectivity index (χ0v) is 17.5. The van der Waals surface area contributed by atoms with Gasteiger partial charge in [-0.25, -0.2) is 4.79 Å². The van der Waals surface area contributed by atoms with Gasteiger partial charge in [-0.15, -0.1) is 0 Å². The molecule has 4 rings (SSSR count). The Morgan fingerprint density at radius 2 is 1.67 bits per heavy atom. The van der Waals surface area contributed by atoms with Crippen LogP contribution in [0.25, 0.3) is 11.1 Å². The average Bonchev–Trinajstić information content (AvgIpc) is 3.14. The topological polar surface area (TPSA) is 148 Å². The standard InChI is InChI=1S/C24H23N3O6/c25-21-10-9-14(27(31)32)11-19(21)23(29)22(28)12-26-24(30)33-13-20-17-7-3-1-5-15(17)16-6-2-4-8-18(16)20/h1-11,20,22-23,28-29H,12-13,25H2,(H,26,30). The lowest BCUT2D eigenvalue weighted by Gasteiger charge is -2.20. The summed E-state index contributed by atoms with van der Waals surface area (Å²) in [4.78, 5) is 22.6. The number of hydrogen-bond acceptors (Lipinski definition) is 7. The number of alkyl carbamates (subject to hydrolysis) is 1. The largest absolute Gasteiger partial charge is 0.449 e. The molecule has 0 radical (unpaired) electrons. The summed E-state index contributed by atoms with van der Waals surface area (Å²) in [6, 6.07) is 19.5. The third kappa shape index (κ3) is 4.50. The fourth-order valence-corrected chi connectivity index (χ4v) is 4.09. The summed E-state index contributed by atoms with van der Waals surface area (Å²) >= 11 is 0. The van der Waals surface area contributed by atoms with Crippen LogP contribution in [0.4, 0.5) is 16.2 Å². The maximum absolute atomic E-state index is 12.3. The summed E-state index contributed by atoms with van der Waals surface area (Å²) < 4.78 is 5.39.